The number of esters is 1. The minimum absolute atomic E-state index is 0.316. The summed E-state index contributed by atoms with van der Waals surface area (Å²) < 4.78 is 6.84. The van der Waals surface area contributed by atoms with E-state index in [0.717, 1.165) is 30.8 Å². The van der Waals surface area contributed by atoms with Crippen LogP contribution in [0.2, 0.25) is 0 Å². The lowest BCUT2D eigenvalue weighted by molar-refractivity contribution is 0.0606. The zero-order chi connectivity index (χ0) is 17.1. The van der Waals surface area contributed by atoms with Crippen molar-refractivity contribution >= 4 is 67.2 Å². The van der Waals surface area contributed by atoms with Gasteiger partial charge >= 0.3 is 5.97 Å². The molecule has 0 atom stereocenters. The lowest BCUT2D eigenvalue weighted by Crippen LogP contribution is -1.96. The maximum absolute atomic E-state index is 11.8. The fourth-order valence-corrected chi connectivity index (χ4v) is 4.95. The van der Waals surface area contributed by atoms with Crippen molar-refractivity contribution in [3.63, 3.8) is 0 Å². The first kappa shape index (κ1) is 17.5. The number of thioether (sulfide) groups is 1. The highest BCUT2D eigenvalue weighted by molar-refractivity contribution is 9.10. The molecule has 0 spiro atoms. The predicted octanol–water partition coefficient (Wildman–Crippen LogP) is 5.89. The second-order valence-electron chi connectivity index (χ2n) is 4.65. The van der Waals surface area contributed by atoms with Crippen LogP contribution in [0.4, 0.5) is 10.8 Å². The highest BCUT2D eigenvalue weighted by atomic mass is 79.9. The van der Waals surface area contributed by atoms with Crippen LogP contribution in [-0.2, 0) is 4.74 Å². The van der Waals surface area contributed by atoms with Crippen molar-refractivity contribution < 1.29 is 9.53 Å². The maximum Gasteiger partial charge on any atom is 0.348 e. The third-order valence-electron chi connectivity index (χ3n) is 3.17. The molecule has 0 bridgehead atoms. The molecule has 1 aromatic carbocycles. The minimum atomic E-state index is -0.316. The summed E-state index contributed by atoms with van der Waals surface area (Å²) in [5.74, 6) is -0.316. The van der Waals surface area contributed by atoms with Gasteiger partial charge in [-0.15, -0.1) is 34.4 Å². The first-order valence-corrected chi connectivity index (χ1v) is 10.6. The number of ether oxygens (including phenoxy) is 1. The second kappa shape index (κ2) is 7.69. The molecule has 0 radical (unpaired) electrons. The number of thiophene rings is 1. The number of benzene rings is 1. The van der Waals surface area contributed by atoms with Gasteiger partial charge in [0.2, 0.25) is 0 Å². The Morgan fingerprint density at radius 2 is 2.17 bits per heavy atom. The van der Waals surface area contributed by atoms with Crippen LogP contribution >= 0.6 is 50.4 Å². The van der Waals surface area contributed by atoms with E-state index in [4.69, 9.17) is 4.74 Å². The van der Waals surface area contributed by atoms with Gasteiger partial charge in [0.1, 0.15) is 4.88 Å². The van der Waals surface area contributed by atoms with E-state index in [1.807, 2.05) is 42.0 Å². The third-order valence-corrected chi connectivity index (χ3v) is 6.87. The van der Waals surface area contributed by atoms with E-state index in [1.54, 1.807) is 11.8 Å². The minimum Gasteiger partial charge on any atom is -0.465 e. The van der Waals surface area contributed by atoms with E-state index >= 15 is 0 Å². The van der Waals surface area contributed by atoms with E-state index < -0.39 is 0 Å². The van der Waals surface area contributed by atoms with Crippen molar-refractivity contribution in [2.75, 3.05) is 18.7 Å². The molecule has 124 valence electrons. The molecule has 3 aromatic rings. The van der Waals surface area contributed by atoms with E-state index in [0.29, 0.717) is 4.88 Å². The molecular formula is C16H13BrN2O2S3. The van der Waals surface area contributed by atoms with Gasteiger partial charge in [0.25, 0.3) is 0 Å². The standard InChI is InChI=1S/C16H13BrN2O2S3/c1-21-14(20)13-7-9(15(22-2)24-13)12-8-23-16(19-12)18-11-6-4-3-5-10(11)17/h3-8H,1-2H3,(H,18,19). The number of anilines is 2. The molecule has 24 heavy (non-hydrogen) atoms. The van der Waals surface area contributed by atoms with E-state index in [1.165, 1.54) is 29.8 Å². The summed E-state index contributed by atoms with van der Waals surface area (Å²) in [5.41, 5.74) is 2.78. The monoisotopic (exact) mass is 440 g/mol. The fraction of sp³-hybridized carbons (Fsp3) is 0.125. The number of nitrogens with one attached hydrogen (secondary N) is 1. The van der Waals surface area contributed by atoms with Gasteiger partial charge in [0, 0.05) is 15.4 Å². The highest BCUT2D eigenvalue weighted by Crippen LogP contribution is 2.39. The molecule has 2 heterocycles. The van der Waals surface area contributed by atoms with Crippen LogP contribution in [-0.4, -0.2) is 24.3 Å². The number of para-hydroxylation sites is 1. The van der Waals surface area contributed by atoms with Crippen molar-refractivity contribution in [3.05, 3.63) is 45.1 Å². The Kier molecular flexibility index (Phi) is 5.60. The first-order valence-electron chi connectivity index (χ1n) is 6.86. The molecule has 2 aromatic heterocycles. The van der Waals surface area contributed by atoms with Gasteiger partial charge in [0.15, 0.2) is 5.13 Å². The number of rotatable bonds is 5. The van der Waals surface area contributed by atoms with Crippen molar-refractivity contribution in [3.8, 4) is 11.3 Å². The molecule has 0 amide bonds. The summed E-state index contributed by atoms with van der Waals surface area (Å²) >= 11 is 8.07. The number of aromatic nitrogens is 1. The lowest BCUT2D eigenvalue weighted by Gasteiger charge is -2.04. The Labute approximate surface area is 160 Å². The van der Waals surface area contributed by atoms with Crippen LogP contribution in [0.1, 0.15) is 9.67 Å². The topological polar surface area (TPSA) is 51.2 Å². The second-order valence-corrected chi connectivity index (χ2v) is 8.49. The number of hydrogen-bond acceptors (Lipinski definition) is 7. The predicted molar refractivity (Wildman–Crippen MR) is 106 cm³/mol. The van der Waals surface area contributed by atoms with Gasteiger partial charge in [0.05, 0.1) is 22.7 Å². The third kappa shape index (κ3) is 3.66. The molecule has 0 saturated heterocycles. The Balaban J connectivity index is 1.89. The normalized spacial score (nSPS) is 10.6. The smallest absolute Gasteiger partial charge is 0.348 e. The van der Waals surface area contributed by atoms with Gasteiger partial charge in [-0.05, 0) is 40.4 Å². The zero-order valence-corrected chi connectivity index (χ0v) is 16.9. The van der Waals surface area contributed by atoms with Gasteiger partial charge in [-0.1, -0.05) is 12.1 Å². The van der Waals surface area contributed by atoms with Crippen molar-refractivity contribution in [2.45, 2.75) is 4.21 Å². The number of thiazole rings is 1. The molecule has 0 aliphatic heterocycles. The number of methoxy groups -OCH3 is 1. The summed E-state index contributed by atoms with van der Waals surface area (Å²) in [6, 6.07) is 9.74. The Bertz CT molecular complexity index is 876. The average molecular weight is 441 g/mol. The average Bonchev–Trinajstić information content (AvgIpc) is 3.22. The Morgan fingerprint density at radius 1 is 1.38 bits per heavy atom. The summed E-state index contributed by atoms with van der Waals surface area (Å²) in [7, 11) is 1.39. The maximum atomic E-state index is 11.8. The number of hydrogen-bond donors (Lipinski definition) is 1. The van der Waals surface area contributed by atoms with Crippen molar-refractivity contribution in [1.29, 1.82) is 0 Å². The molecular weight excluding hydrogens is 428 g/mol. The fourth-order valence-electron chi connectivity index (χ4n) is 2.04. The number of carbonyl (C=O) groups is 1. The van der Waals surface area contributed by atoms with Crippen LogP contribution in [0.15, 0.2) is 44.4 Å². The van der Waals surface area contributed by atoms with Gasteiger partial charge in [-0.3, -0.25) is 0 Å². The Hall–Kier alpha value is -1.35. The molecule has 0 unspecified atom stereocenters. The van der Waals surface area contributed by atoms with E-state index in [9.17, 15) is 4.79 Å². The molecule has 3 rings (SSSR count). The molecule has 1 N–H and O–H groups in total. The number of nitrogens with zero attached hydrogens (tertiary/aromatic N) is 1. The number of carbonyl (C=O) groups excluding carboxylic acids is 1. The van der Waals surface area contributed by atoms with E-state index in [2.05, 4.69) is 26.2 Å². The summed E-state index contributed by atoms with van der Waals surface area (Å²) in [5, 5.41) is 6.09. The summed E-state index contributed by atoms with van der Waals surface area (Å²) in [6.45, 7) is 0. The molecule has 4 nitrogen and oxygen atoms in total. The highest BCUT2D eigenvalue weighted by Gasteiger charge is 2.18. The van der Waals surface area contributed by atoms with Crippen LogP contribution in [0.25, 0.3) is 11.3 Å². The van der Waals surface area contributed by atoms with Crippen LogP contribution in [0.3, 0.4) is 0 Å². The quantitative estimate of drug-likeness (QED) is 0.396. The Morgan fingerprint density at radius 3 is 2.88 bits per heavy atom. The molecule has 0 aliphatic rings. The molecule has 0 saturated carbocycles. The largest absolute Gasteiger partial charge is 0.465 e. The summed E-state index contributed by atoms with van der Waals surface area (Å²) in [6.07, 6.45) is 1.99. The molecule has 0 fully saturated rings. The molecule has 0 aliphatic carbocycles. The number of halogens is 1. The SMILES string of the molecule is COC(=O)c1cc(-c2csc(Nc3ccccc3Br)n2)c(SC)s1. The van der Waals surface area contributed by atoms with E-state index in [-0.39, 0.29) is 5.97 Å². The van der Waals surface area contributed by atoms with Crippen LogP contribution in [0, 0.1) is 0 Å². The van der Waals surface area contributed by atoms with Gasteiger partial charge in [-0.25, -0.2) is 9.78 Å². The van der Waals surface area contributed by atoms with Crippen LogP contribution < -0.4 is 5.32 Å². The van der Waals surface area contributed by atoms with Gasteiger partial charge in [-0.2, -0.15) is 0 Å². The van der Waals surface area contributed by atoms with Gasteiger partial charge < -0.3 is 10.1 Å². The molecule has 8 heteroatoms. The zero-order valence-electron chi connectivity index (χ0n) is 12.8. The first-order chi connectivity index (χ1) is 11.6. The summed E-state index contributed by atoms with van der Waals surface area (Å²) in [4.78, 5) is 17.0. The van der Waals surface area contributed by atoms with Crippen molar-refractivity contribution in [1.82, 2.24) is 4.98 Å². The lowest BCUT2D eigenvalue weighted by atomic mass is 10.2. The van der Waals surface area contributed by atoms with Crippen LogP contribution in [0.5, 0.6) is 0 Å². The van der Waals surface area contributed by atoms with Crippen molar-refractivity contribution in [2.24, 2.45) is 0 Å².